The standard InChI is InChI=1S/C12H14F3N/c13-12(14,15)11-4-3-9-5-8(7-16)1-2-10(9)6-11/h3-4,6,8H,1-2,5,7,16H2. The SMILES string of the molecule is NCC1CCc2cc(C(F)(F)F)ccc2C1. The monoisotopic (exact) mass is 229 g/mol. The van der Waals surface area contributed by atoms with Gasteiger partial charge in [-0.25, -0.2) is 0 Å². The van der Waals surface area contributed by atoms with Gasteiger partial charge in [0, 0.05) is 0 Å². The molecule has 4 heteroatoms. The minimum Gasteiger partial charge on any atom is -0.330 e. The van der Waals surface area contributed by atoms with Gasteiger partial charge in [0.05, 0.1) is 5.56 Å². The summed E-state index contributed by atoms with van der Waals surface area (Å²) in [6, 6.07) is 4.04. The Morgan fingerprint density at radius 1 is 1.25 bits per heavy atom. The van der Waals surface area contributed by atoms with Gasteiger partial charge < -0.3 is 5.73 Å². The van der Waals surface area contributed by atoms with Gasteiger partial charge in [-0.2, -0.15) is 13.2 Å². The normalized spacial score (nSPS) is 20.6. The van der Waals surface area contributed by atoms with Crippen LogP contribution in [0.2, 0.25) is 0 Å². The topological polar surface area (TPSA) is 26.0 Å². The molecule has 0 bridgehead atoms. The van der Waals surface area contributed by atoms with Gasteiger partial charge in [-0.15, -0.1) is 0 Å². The Labute approximate surface area is 92.5 Å². The van der Waals surface area contributed by atoms with Gasteiger partial charge in [-0.1, -0.05) is 6.07 Å². The lowest BCUT2D eigenvalue weighted by Gasteiger charge is -2.24. The van der Waals surface area contributed by atoms with E-state index < -0.39 is 11.7 Å². The molecule has 16 heavy (non-hydrogen) atoms. The number of fused-ring (bicyclic) bond motifs is 1. The highest BCUT2D eigenvalue weighted by Crippen LogP contribution is 2.33. The molecule has 1 aliphatic rings. The fourth-order valence-corrected chi connectivity index (χ4v) is 2.21. The molecular weight excluding hydrogens is 215 g/mol. The van der Waals surface area contributed by atoms with E-state index >= 15 is 0 Å². The van der Waals surface area contributed by atoms with E-state index in [0.29, 0.717) is 18.9 Å². The second kappa shape index (κ2) is 4.09. The summed E-state index contributed by atoms with van der Waals surface area (Å²) in [7, 11) is 0. The summed E-state index contributed by atoms with van der Waals surface area (Å²) in [6.07, 6.45) is -1.82. The predicted molar refractivity (Wildman–Crippen MR) is 56.0 cm³/mol. The Balaban J connectivity index is 2.28. The van der Waals surface area contributed by atoms with Crippen LogP contribution in [0.15, 0.2) is 18.2 Å². The van der Waals surface area contributed by atoms with Crippen LogP contribution in [0, 0.1) is 5.92 Å². The molecular formula is C12H14F3N. The zero-order valence-electron chi connectivity index (χ0n) is 8.85. The van der Waals surface area contributed by atoms with Gasteiger partial charge in [0.1, 0.15) is 0 Å². The molecule has 1 nitrogen and oxygen atoms in total. The van der Waals surface area contributed by atoms with Crippen LogP contribution in [0.5, 0.6) is 0 Å². The minimum absolute atomic E-state index is 0.421. The van der Waals surface area contributed by atoms with E-state index in [9.17, 15) is 13.2 Å². The van der Waals surface area contributed by atoms with Crippen LogP contribution in [-0.4, -0.2) is 6.54 Å². The molecule has 0 heterocycles. The van der Waals surface area contributed by atoms with Crippen molar-refractivity contribution in [3.63, 3.8) is 0 Å². The fourth-order valence-electron chi connectivity index (χ4n) is 2.21. The van der Waals surface area contributed by atoms with E-state index in [2.05, 4.69) is 0 Å². The third-order valence-corrected chi connectivity index (χ3v) is 3.20. The number of benzene rings is 1. The van der Waals surface area contributed by atoms with Crippen molar-refractivity contribution in [3.05, 3.63) is 34.9 Å². The summed E-state index contributed by atoms with van der Waals surface area (Å²) in [5.74, 6) is 0.421. The number of alkyl halides is 3. The van der Waals surface area contributed by atoms with Gasteiger partial charge in [0.25, 0.3) is 0 Å². The number of nitrogens with two attached hydrogens (primary N) is 1. The van der Waals surface area contributed by atoms with Gasteiger partial charge >= 0.3 is 6.18 Å². The number of halogens is 3. The van der Waals surface area contributed by atoms with Crippen LogP contribution in [-0.2, 0) is 19.0 Å². The van der Waals surface area contributed by atoms with Crippen LogP contribution in [0.4, 0.5) is 13.2 Å². The Morgan fingerprint density at radius 2 is 2.00 bits per heavy atom. The maximum absolute atomic E-state index is 12.5. The lowest BCUT2D eigenvalue weighted by Crippen LogP contribution is -2.22. The number of hydrogen-bond donors (Lipinski definition) is 1. The van der Waals surface area contributed by atoms with Crippen molar-refractivity contribution in [2.45, 2.75) is 25.4 Å². The first-order valence-electron chi connectivity index (χ1n) is 5.40. The molecule has 2 rings (SSSR count). The van der Waals surface area contributed by atoms with Crippen molar-refractivity contribution in [3.8, 4) is 0 Å². The number of rotatable bonds is 1. The average molecular weight is 229 g/mol. The highest BCUT2D eigenvalue weighted by atomic mass is 19.4. The van der Waals surface area contributed by atoms with Crippen molar-refractivity contribution in [2.24, 2.45) is 11.7 Å². The molecule has 2 N–H and O–H groups in total. The first-order chi connectivity index (χ1) is 7.50. The molecule has 0 aromatic heterocycles. The molecule has 0 saturated carbocycles. The van der Waals surface area contributed by atoms with Gasteiger partial charge in [0.15, 0.2) is 0 Å². The van der Waals surface area contributed by atoms with Crippen LogP contribution in [0.3, 0.4) is 0 Å². The van der Waals surface area contributed by atoms with E-state index in [1.165, 1.54) is 6.07 Å². The molecule has 1 aliphatic carbocycles. The van der Waals surface area contributed by atoms with Crippen molar-refractivity contribution in [1.29, 1.82) is 0 Å². The van der Waals surface area contributed by atoms with Crippen molar-refractivity contribution in [1.82, 2.24) is 0 Å². The first kappa shape index (κ1) is 11.5. The van der Waals surface area contributed by atoms with Crippen LogP contribution >= 0.6 is 0 Å². The smallest absolute Gasteiger partial charge is 0.330 e. The summed E-state index contributed by atoms with van der Waals surface area (Å²) in [4.78, 5) is 0. The van der Waals surface area contributed by atoms with Crippen LogP contribution in [0.1, 0.15) is 23.1 Å². The minimum atomic E-state index is -4.24. The van der Waals surface area contributed by atoms with E-state index in [4.69, 9.17) is 5.73 Å². The number of hydrogen-bond acceptors (Lipinski definition) is 1. The lowest BCUT2D eigenvalue weighted by atomic mass is 9.83. The maximum atomic E-state index is 12.5. The Kier molecular flexibility index (Phi) is 2.93. The predicted octanol–water partition coefficient (Wildman–Crippen LogP) is 2.77. The summed E-state index contributed by atoms with van der Waals surface area (Å²) < 4.78 is 37.4. The molecule has 1 aromatic carbocycles. The Hall–Kier alpha value is -1.03. The molecule has 0 spiro atoms. The lowest BCUT2D eigenvalue weighted by molar-refractivity contribution is -0.137. The van der Waals surface area contributed by atoms with E-state index in [-0.39, 0.29) is 0 Å². The third-order valence-electron chi connectivity index (χ3n) is 3.20. The summed E-state index contributed by atoms with van der Waals surface area (Å²) in [5, 5.41) is 0. The molecule has 1 aromatic rings. The highest BCUT2D eigenvalue weighted by Gasteiger charge is 2.31. The van der Waals surface area contributed by atoms with Gasteiger partial charge in [-0.05, 0) is 55.0 Å². The molecule has 0 radical (unpaired) electrons. The molecule has 0 amide bonds. The third kappa shape index (κ3) is 2.21. The quantitative estimate of drug-likeness (QED) is 0.787. The van der Waals surface area contributed by atoms with Gasteiger partial charge in [0.2, 0.25) is 0 Å². The fraction of sp³-hybridized carbons (Fsp3) is 0.500. The van der Waals surface area contributed by atoms with E-state index in [1.54, 1.807) is 6.07 Å². The molecule has 0 aliphatic heterocycles. The van der Waals surface area contributed by atoms with E-state index in [1.807, 2.05) is 0 Å². The average Bonchev–Trinajstić information content (AvgIpc) is 2.26. The zero-order chi connectivity index (χ0) is 11.8. The summed E-state index contributed by atoms with van der Waals surface area (Å²) >= 11 is 0. The largest absolute Gasteiger partial charge is 0.416 e. The molecule has 0 fully saturated rings. The summed E-state index contributed by atoms with van der Waals surface area (Å²) in [5.41, 5.74) is 6.89. The second-order valence-corrected chi connectivity index (χ2v) is 4.33. The molecule has 1 unspecified atom stereocenters. The van der Waals surface area contributed by atoms with Crippen LogP contribution in [0.25, 0.3) is 0 Å². The van der Waals surface area contributed by atoms with Crippen LogP contribution < -0.4 is 5.73 Å². The second-order valence-electron chi connectivity index (χ2n) is 4.33. The summed E-state index contributed by atoms with van der Waals surface area (Å²) in [6.45, 7) is 0.612. The van der Waals surface area contributed by atoms with Crippen molar-refractivity contribution >= 4 is 0 Å². The number of aryl methyl sites for hydroxylation is 1. The Bertz CT molecular complexity index is 384. The highest BCUT2D eigenvalue weighted by molar-refractivity contribution is 5.35. The zero-order valence-corrected chi connectivity index (χ0v) is 8.85. The molecule has 1 atom stereocenters. The van der Waals surface area contributed by atoms with Crippen molar-refractivity contribution in [2.75, 3.05) is 6.54 Å². The van der Waals surface area contributed by atoms with E-state index in [0.717, 1.165) is 30.0 Å². The molecule has 88 valence electrons. The molecule has 0 saturated heterocycles. The van der Waals surface area contributed by atoms with Crippen molar-refractivity contribution < 1.29 is 13.2 Å². The maximum Gasteiger partial charge on any atom is 0.416 e. The first-order valence-corrected chi connectivity index (χ1v) is 5.40. The van der Waals surface area contributed by atoms with Gasteiger partial charge in [-0.3, -0.25) is 0 Å². The Morgan fingerprint density at radius 3 is 2.62 bits per heavy atom.